The lowest BCUT2D eigenvalue weighted by Crippen LogP contribution is -2.32. The van der Waals surface area contributed by atoms with Gasteiger partial charge in [-0.05, 0) is 54.6 Å². The highest BCUT2D eigenvalue weighted by Gasteiger charge is 2.34. The van der Waals surface area contributed by atoms with Crippen LogP contribution in [0.4, 0.5) is 5.69 Å². The molecule has 0 bridgehead atoms. The van der Waals surface area contributed by atoms with Gasteiger partial charge in [0.05, 0.1) is 0 Å². The van der Waals surface area contributed by atoms with E-state index in [0.29, 0.717) is 5.41 Å². The molecule has 1 saturated heterocycles. The van der Waals surface area contributed by atoms with Crippen LogP contribution in [0.3, 0.4) is 0 Å². The molecule has 134 valence electrons. The van der Waals surface area contributed by atoms with Crippen molar-refractivity contribution < 1.29 is 0 Å². The summed E-state index contributed by atoms with van der Waals surface area (Å²) in [6.45, 7) is 9.82. The Labute approximate surface area is 149 Å². The molecule has 24 heavy (non-hydrogen) atoms. The van der Waals surface area contributed by atoms with Crippen molar-refractivity contribution in [2.45, 2.75) is 72.1 Å². The predicted octanol–water partition coefficient (Wildman–Crippen LogP) is 6.54. The van der Waals surface area contributed by atoms with E-state index < -0.39 is 0 Å². The highest BCUT2D eigenvalue weighted by Crippen LogP contribution is 2.42. The van der Waals surface area contributed by atoms with Crippen LogP contribution in [0.25, 0.3) is 0 Å². The summed E-state index contributed by atoms with van der Waals surface area (Å²) >= 11 is 0. The molecule has 3 rings (SSSR count). The molecule has 1 aromatic rings. The lowest BCUT2D eigenvalue weighted by molar-refractivity contribution is 0.205. The number of rotatable bonds is 3. The smallest absolute Gasteiger partial charge is 0.0366 e. The molecule has 0 spiro atoms. The van der Waals surface area contributed by atoms with Gasteiger partial charge in [0.1, 0.15) is 0 Å². The summed E-state index contributed by atoms with van der Waals surface area (Å²) < 4.78 is 0. The maximum atomic E-state index is 2.64. The van der Waals surface area contributed by atoms with E-state index in [1.54, 1.807) is 0 Å². The van der Waals surface area contributed by atoms with Gasteiger partial charge in [0.15, 0.2) is 0 Å². The molecule has 0 aromatic heterocycles. The highest BCUT2D eigenvalue weighted by atomic mass is 15.1. The molecule has 1 aliphatic heterocycles. The zero-order chi connectivity index (χ0) is 17.0. The van der Waals surface area contributed by atoms with Crippen molar-refractivity contribution in [3.05, 3.63) is 30.3 Å². The maximum absolute atomic E-state index is 2.64. The zero-order valence-electron chi connectivity index (χ0n) is 16.1. The predicted molar refractivity (Wildman–Crippen MR) is 106 cm³/mol. The van der Waals surface area contributed by atoms with Crippen molar-refractivity contribution in [2.24, 2.45) is 23.2 Å². The average molecular weight is 328 g/mol. The normalized spacial score (nSPS) is 31.3. The number of nitrogens with zero attached hydrogens (tertiary/aromatic N) is 1. The Balaban J connectivity index is 1.68. The molecule has 1 aliphatic carbocycles. The summed E-state index contributed by atoms with van der Waals surface area (Å²) in [6.07, 6.45) is 11.6. The Kier molecular flexibility index (Phi) is 5.89. The Hall–Kier alpha value is -0.980. The first-order chi connectivity index (χ1) is 11.6. The van der Waals surface area contributed by atoms with Crippen molar-refractivity contribution >= 4 is 5.69 Å². The third-order valence-electron chi connectivity index (χ3n) is 6.70. The Morgan fingerprint density at radius 2 is 1.75 bits per heavy atom. The minimum atomic E-state index is 0.424. The second-order valence-corrected chi connectivity index (χ2v) is 9.22. The molecule has 1 nitrogen and oxygen atoms in total. The average Bonchev–Trinajstić information content (AvgIpc) is 2.91. The molecule has 0 amide bonds. The fourth-order valence-electron chi connectivity index (χ4n) is 5.34. The van der Waals surface area contributed by atoms with Crippen LogP contribution in [-0.2, 0) is 0 Å². The van der Waals surface area contributed by atoms with Gasteiger partial charge in [-0.2, -0.15) is 0 Å². The molecule has 3 unspecified atom stereocenters. The Morgan fingerprint density at radius 3 is 2.50 bits per heavy atom. The van der Waals surface area contributed by atoms with Gasteiger partial charge in [0.25, 0.3) is 0 Å². The number of benzene rings is 1. The maximum Gasteiger partial charge on any atom is 0.0366 e. The fraction of sp³-hybridized carbons (Fsp3) is 0.739. The molecular weight excluding hydrogens is 290 g/mol. The van der Waals surface area contributed by atoms with Gasteiger partial charge >= 0.3 is 0 Å². The number of hydrogen-bond donors (Lipinski definition) is 0. The van der Waals surface area contributed by atoms with Crippen LogP contribution in [0.15, 0.2) is 30.3 Å². The Bertz CT molecular complexity index is 492. The van der Waals surface area contributed by atoms with Gasteiger partial charge in [-0.3, -0.25) is 0 Å². The van der Waals surface area contributed by atoms with E-state index in [9.17, 15) is 0 Å². The first-order valence-corrected chi connectivity index (χ1v) is 10.4. The lowest BCUT2D eigenvalue weighted by Gasteiger charge is -2.33. The molecule has 1 heteroatoms. The molecule has 0 N–H and O–H groups in total. The standard InChI is InChI=1S/C23H37N/c1-4-19-9-8-10-20(14-13-19)21-15-16-24(18-23(2,3)17-21)22-11-6-5-7-12-22/h5-7,11-12,19-21H,4,8-10,13-18H2,1-3H3. The summed E-state index contributed by atoms with van der Waals surface area (Å²) in [5.41, 5.74) is 1.84. The fourth-order valence-corrected chi connectivity index (χ4v) is 5.34. The van der Waals surface area contributed by atoms with Crippen molar-refractivity contribution in [1.82, 2.24) is 0 Å². The van der Waals surface area contributed by atoms with Crippen molar-refractivity contribution in [1.29, 1.82) is 0 Å². The van der Waals surface area contributed by atoms with Crippen LogP contribution in [-0.4, -0.2) is 13.1 Å². The van der Waals surface area contributed by atoms with E-state index in [4.69, 9.17) is 0 Å². The van der Waals surface area contributed by atoms with Crippen LogP contribution >= 0.6 is 0 Å². The number of para-hydroxylation sites is 1. The molecule has 3 atom stereocenters. The third kappa shape index (κ3) is 4.55. The highest BCUT2D eigenvalue weighted by molar-refractivity contribution is 5.46. The molecule has 1 saturated carbocycles. The number of hydrogen-bond acceptors (Lipinski definition) is 1. The van der Waals surface area contributed by atoms with Crippen molar-refractivity contribution in [2.75, 3.05) is 18.0 Å². The summed E-state index contributed by atoms with van der Waals surface area (Å²) in [5.74, 6) is 2.93. The monoisotopic (exact) mass is 327 g/mol. The molecular formula is C23H37N. The molecule has 2 fully saturated rings. The summed E-state index contributed by atoms with van der Waals surface area (Å²) in [4.78, 5) is 2.64. The summed E-state index contributed by atoms with van der Waals surface area (Å²) in [5, 5.41) is 0. The molecule has 0 radical (unpaired) electrons. The minimum absolute atomic E-state index is 0.424. The summed E-state index contributed by atoms with van der Waals surface area (Å²) in [7, 11) is 0. The topological polar surface area (TPSA) is 3.24 Å². The van der Waals surface area contributed by atoms with E-state index in [1.165, 1.54) is 70.1 Å². The zero-order valence-corrected chi connectivity index (χ0v) is 16.1. The first kappa shape index (κ1) is 17.8. The second-order valence-electron chi connectivity index (χ2n) is 9.22. The van der Waals surface area contributed by atoms with Gasteiger partial charge in [-0.1, -0.05) is 71.1 Å². The van der Waals surface area contributed by atoms with Crippen LogP contribution in [0.5, 0.6) is 0 Å². The van der Waals surface area contributed by atoms with Gasteiger partial charge < -0.3 is 4.90 Å². The molecule has 1 aromatic carbocycles. The van der Waals surface area contributed by atoms with Crippen LogP contribution in [0.1, 0.15) is 72.1 Å². The van der Waals surface area contributed by atoms with Gasteiger partial charge in [0.2, 0.25) is 0 Å². The lowest BCUT2D eigenvalue weighted by atomic mass is 9.74. The quantitative estimate of drug-likeness (QED) is 0.570. The number of anilines is 1. The molecule has 1 heterocycles. The van der Waals surface area contributed by atoms with Crippen molar-refractivity contribution in [3.8, 4) is 0 Å². The largest absolute Gasteiger partial charge is 0.371 e. The van der Waals surface area contributed by atoms with E-state index in [1.807, 2.05) is 0 Å². The minimum Gasteiger partial charge on any atom is -0.371 e. The van der Waals surface area contributed by atoms with E-state index in [0.717, 1.165) is 17.8 Å². The first-order valence-electron chi connectivity index (χ1n) is 10.4. The Morgan fingerprint density at radius 1 is 0.958 bits per heavy atom. The van der Waals surface area contributed by atoms with E-state index in [2.05, 4.69) is 56.0 Å². The van der Waals surface area contributed by atoms with Crippen LogP contribution < -0.4 is 4.90 Å². The van der Waals surface area contributed by atoms with E-state index in [-0.39, 0.29) is 0 Å². The SMILES string of the molecule is CCC1CCCC(C2CCN(c3ccccc3)CC(C)(C)C2)CC1. The van der Waals surface area contributed by atoms with E-state index >= 15 is 0 Å². The van der Waals surface area contributed by atoms with Gasteiger partial charge in [-0.15, -0.1) is 0 Å². The second kappa shape index (κ2) is 7.93. The van der Waals surface area contributed by atoms with Crippen LogP contribution in [0, 0.1) is 23.2 Å². The van der Waals surface area contributed by atoms with Gasteiger partial charge in [-0.25, -0.2) is 0 Å². The van der Waals surface area contributed by atoms with Crippen LogP contribution in [0.2, 0.25) is 0 Å². The molecule has 2 aliphatic rings. The summed E-state index contributed by atoms with van der Waals surface area (Å²) in [6, 6.07) is 11.1. The van der Waals surface area contributed by atoms with Gasteiger partial charge in [0, 0.05) is 18.8 Å². The van der Waals surface area contributed by atoms with Crippen molar-refractivity contribution in [3.63, 3.8) is 0 Å². The third-order valence-corrected chi connectivity index (χ3v) is 6.70.